The second kappa shape index (κ2) is 7.56. The Morgan fingerprint density at radius 3 is 2.58 bits per heavy atom. The molecule has 26 heavy (non-hydrogen) atoms. The van der Waals surface area contributed by atoms with Gasteiger partial charge in [0.1, 0.15) is 5.75 Å². The van der Waals surface area contributed by atoms with Crippen LogP contribution in [0.25, 0.3) is 11.4 Å². The zero-order valence-electron chi connectivity index (χ0n) is 14.1. The van der Waals surface area contributed by atoms with Crippen molar-refractivity contribution in [3.8, 4) is 17.1 Å². The lowest BCUT2D eigenvalue weighted by atomic mass is 10.2. The summed E-state index contributed by atoms with van der Waals surface area (Å²) in [4.78, 5) is 4.43. The fraction of sp³-hybridized carbons (Fsp3) is 0.176. The normalized spacial score (nSPS) is 11.7. The third-order valence-corrected chi connectivity index (χ3v) is 5.99. The van der Waals surface area contributed by atoms with Crippen LogP contribution in [0.4, 0.5) is 0 Å². The molecule has 0 saturated carbocycles. The Morgan fingerprint density at radius 1 is 1.19 bits per heavy atom. The zero-order valence-corrected chi connectivity index (χ0v) is 16.5. The first-order chi connectivity index (χ1) is 12.4. The number of sulfonamides is 1. The number of aromatic nitrogens is 2. The van der Waals surface area contributed by atoms with Crippen molar-refractivity contribution in [1.82, 2.24) is 14.4 Å². The minimum atomic E-state index is -3.68. The van der Waals surface area contributed by atoms with E-state index >= 15 is 0 Å². The molecule has 1 heterocycles. The molecule has 0 aliphatic carbocycles. The van der Waals surface area contributed by atoms with Crippen LogP contribution < -0.4 is 4.74 Å². The highest BCUT2D eigenvalue weighted by Gasteiger charge is 2.23. The number of halogens is 1. The molecule has 3 rings (SSSR count). The smallest absolute Gasteiger partial charge is 0.243 e. The molecule has 136 valence electrons. The molecule has 0 N–H and O–H groups in total. The van der Waals surface area contributed by atoms with E-state index in [1.165, 1.54) is 26.3 Å². The third-order valence-electron chi connectivity index (χ3n) is 3.68. The monoisotopic (exact) mass is 437 g/mol. The average Bonchev–Trinajstić information content (AvgIpc) is 3.10. The second-order valence-electron chi connectivity index (χ2n) is 5.46. The molecular weight excluding hydrogens is 422 g/mol. The molecule has 0 fully saturated rings. The van der Waals surface area contributed by atoms with E-state index in [-0.39, 0.29) is 17.3 Å². The summed E-state index contributed by atoms with van der Waals surface area (Å²) in [6.45, 7) is -0.0324. The van der Waals surface area contributed by atoms with Crippen LogP contribution in [0.1, 0.15) is 5.89 Å². The van der Waals surface area contributed by atoms with Crippen molar-refractivity contribution in [2.24, 2.45) is 0 Å². The number of ether oxygens (including phenoxy) is 1. The van der Waals surface area contributed by atoms with Gasteiger partial charge in [-0.05, 0) is 36.4 Å². The lowest BCUT2D eigenvalue weighted by Gasteiger charge is -2.15. The summed E-state index contributed by atoms with van der Waals surface area (Å²) in [7, 11) is -0.699. The molecule has 0 unspecified atom stereocenters. The van der Waals surface area contributed by atoms with Gasteiger partial charge in [0, 0.05) is 17.1 Å². The minimum absolute atomic E-state index is 0.0324. The molecule has 0 bridgehead atoms. The molecule has 0 amide bonds. The number of nitrogens with zero attached hydrogens (tertiary/aromatic N) is 3. The van der Waals surface area contributed by atoms with E-state index in [1.54, 1.807) is 12.1 Å². The number of rotatable bonds is 6. The molecule has 0 radical (unpaired) electrons. The van der Waals surface area contributed by atoms with E-state index in [4.69, 9.17) is 9.26 Å². The van der Waals surface area contributed by atoms with Crippen LogP contribution in [0.3, 0.4) is 0 Å². The summed E-state index contributed by atoms with van der Waals surface area (Å²) in [6.07, 6.45) is 0. The lowest BCUT2D eigenvalue weighted by Crippen LogP contribution is -2.26. The zero-order chi connectivity index (χ0) is 18.7. The van der Waals surface area contributed by atoms with E-state index in [1.807, 2.05) is 24.3 Å². The van der Waals surface area contributed by atoms with E-state index in [2.05, 4.69) is 26.1 Å². The predicted octanol–water partition coefficient (Wildman–Crippen LogP) is 3.33. The molecule has 2 aromatic carbocycles. The third kappa shape index (κ3) is 3.95. The lowest BCUT2D eigenvalue weighted by molar-refractivity contribution is 0.336. The van der Waals surface area contributed by atoms with Crippen molar-refractivity contribution in [3.63, 3.8) is 0 Å². The van der Waals surface area contributed by atoms with Crippen molar-refractivity contribution in [1.29, 1.82) is 0 Å². The van der Waals surface area contributed by atoms with Crippen LogP contribution in [0.2, 0.25) is 0 Å². The van der Waals surface area contributed by atoms with Crippen molar-refractivity contribution < 1.29 is 17.7 Å². The Bertz CT molecular complexity index is 1000. The molecule has 0 atom stereocenters. The van der Waals surface area contributed by atoms with Crippen LogP contribution in [0.5, 0.6) is 5.75 Å². The van der Waals surface area contributed by atoms with Crippen molar-refractivity contribution >= 4 is 26.0 Å². The fourth-order valence-electron chi connectivity index (χ4n) is 2.27. The summed E-state index contributed by atoms with van der Waals surface area (Å²) >= 11 is 3.39. The minimum Gasteiger partial charge on any atom is -0.497 e. The van der Waals surface area contributed by atoms with Crippen LogP contribution in [0.15, 0.2) is 62.4 Å². The van der Waals surface area contributed by atoms with Gasteiger partial charge in [0.2, 0.25) is 21.7 Å². The highest BCUT2D eigenvalue weighted by Crippen LogP contribution is 2.22. The summed E-state index contributed by atoms with van der Waals surface area (Å²) in [5.74, 6) is 1.19. The molecule has 0 saturated heterocycles. The fourth-order valence-corrected chi connectivity index (χ4v) is 3.79. The first-order valence-electron chi connectivity index (χ1n) is 7.59. The molecule has 1 aromatic heterocycles. The average molecular weight is 438 g/mol. The largest absolute Gasteiger partial charge is 0.497 e. The maximum Gasteiger partial charge on any atom is 0.243 e. The number of methoxy groups -OCH3 is 1. The Balaban J connectivity index is 1.78. The maximum atomic E-state index is 12.6. The van der Waals surface area contributed by atoms with Gasteiger partial charge >= 0.3 is 0 Å². The van der Waals surface area contributed by atoms with Gasteiger partial charge in [0.15, 0.2) is 0 Å². The van der Waals surface area contributed by atoms with E-state index in [0.717, 1.165) is 14.3 Å². The summed E-state index contributed by atoms with van der Waals surface area (Å²) < 4.78 is 37.6. The Hall–Kier alpha value is -2.23. The second-order valence-corrected chi connectivity index (χ2v) is 8.42. The number of hydrogen-bond donors (Lipinski definition) is 0. The Labute approximate surface area is 159 Å². The van der Waals surface area contributed by atoms with Gasteiger partial charge in [-0.3, -0.25) is 0 Å². The van der Waals surface area contributed by atoms with Crippen molar-refractivity contribution in [3.05, 3.63) is 58.9 Å². The van der Waals surface area contributed by atoms with Gasteiger partial charge in [-0.1, -0.05) is 33.2 Å². The van der Waals surface area contributed by atoms with Gasteiger partial charge < -0.3 is 9.26 Å². The standard InChI is InChI=1S/C17H16BrN3O4S/c1-21(26(22,23)15-8-6-14(24-2)7-9-15)11-16-19-17(20-25-16)12-4-3-5-13(18)10-12/h3-10H,11H2,1-2H3. The summed E-state index contributed by atoms with van der Waals surface area (Å²) in [5.41, 5.74) is 0.773. The Morgan fingerprint density at radius 2 is 1.92 bits per heavy atom. The number of hydrogen-bond acceptors (Lipinski definition) is 6. The Kier molecular flexibility index (Phi) is 5.40. The molecule has 0 aliphatic heterocycles. The molecule has 9 heteroatoms. The van der Waals surface area contributed by atoms with E-state index in [0.29, 0.717) is 11.6 Å². The topological polar surface area (TPSA) is 85.5 Å². The quantitative estimate of drug-likeness (QED) is 0.587. The molecule has 0 spiro atoms. The summed E-state index contributed by atoms with van der Waals surface area (Å²) in [5, 5.41) is 3.91. The predicted molar refractivity (Wildman–Crippen MR) is 99.1 cm³/mol. The molecule has 0 aliphatic rings. The summed E-state index contributed by atoms with van der Waals surface area (Å²) in [6, 6.07) is 13.6. The molecule has 3 aromatic rings. The van der Waals surface area contributed by atoms with Gasteiger partial charge in [0.05, 0.1) is 18.6 Å². The molecule has 7 nitrogen and oxygen atoms in total. The van der Waals surface area contributed by atoms with Gasteiger partial charge in [0.25, 0.3) is 0 Å². The van der Waals surface area contributed by atoms with E-state index in [9.17, 15) is 8.42 Å². The number of benzene rings is 2. The van der Waals surface area contributed by atoms with Crippen LogP contribution in [0, 0.1) is 0 Å². The van der Waals surface area contributed by atoms with Crippen LogP contribution in [-0.2, 0) is 16.6 Å². The highest BCUT2D eigenvalue weighted by atomic mass is 79.9. The van der Waals surface area contributed by atoms with E-state index < -0.39 is 10.0 Å². The SMILES string of the molecule is COc1ccc(S(=O)(=O)N(C)Cc2nc(-c3cccc(Br)c3)no2)cc1. The van der Waals surface area contributed by atoms with Gasteiger partial charge in [-0.25, -0.2) is 8.42 Å². The van der Waals surface area contributed by atoms with Crippen LogP contribution >= 0.6 is 15.9 Å². The highest BCUT2D eigenvalue weighted by molar-refractivity contribution is 9.10. The first kappa shape index (κ1) is 18.6. The first-order valence-corrected chi connectivity index (χ1v) is 9.82. The van der Waals surface area contributed by atoms with Gasteiger partial charge in [-0.2, -0.15) is 9.29 Å². The van der Waals surface area contributed by atoms with Crippen molar-refractivity contribution in [2.45, 2.75) is 11.4 Å². The molecular formula is C17H16BrN3O4S. The van der Waals surface area contributed by atoms with Crippen molar-refractivity contribution in [2.75, 3.05) is 14.2 Å². The van der Waals surface area contributed by atoms with Crippen LogP contribution in [-0.4, -0.2) is 37.0 Å². The van der Waals surface area contributed by atoms with Gasteiger partial charge in [-0.15, -0.1) is 0 Å². The maximum absolute atomic E-state index is 12.6.